The fourth-order valence-electron chi connectivity index (χ4n) is 1.41. The molecule has 0 N–H and O–H groups in total. The van der Waals surface area contributed by atoms with Gasteiger partial charge in [-0.05, 0) is 34.6 Å². The quantitative estimate of drug-likeness (QED) is 0.716. The van der Waals surface area contributed by atoms with Crippen LogP contribution in [0.15, 0.2) is 24.3 Å². The summed E-state index contributed by atoms with van der Waals surface area (Å²) in [6.45, 7) is 6.55. The van der Waals surface area contributed by atoms with E-state index in [1.54, 1.807) is 0 Å². The first-order valence-electron chi connectivity index (χ1n) is 5.17. The highest BCUT2D eigenvalue weighted by molar-refractivity contribution is 6.63. The van der Waals surface area contributed by atoms with Crippen LogP contribution in [0, 0.1) is 0 Å². The molecule has 2 heteroatoms. The summed E-state index contributed by atoms with van der Waals surface area (Å²) in [5.74, 6) is 0. The van der Waals surface area contributed by atoms with Gasteiger partial charge < -0.3 is 0 Å². The molecule has 0 amide bonds. The lowest BCUT2D eigenvalue weighted by Gasteiger charge is -2.19. The van der Waals surface area contributed by atoms with Crippen molar-refractivity contribution >= 4 is 16.8 Å². The molecule has 0 atom stereocenters. The lowest BCUT2D eigenvalue weighted by Crippen LogP contribution is -2.10. The summed E-state index contributed by atoms with van der Waals surface area (Å²) in [5, 5.41) is -0.269. The molecule has 82 valence electrons. The zero-order valence-electron chi connectivity index (χ0n) is 9.51. The highest BCUT2D eigenvalue weighted by atomic mass is 35.5. The van der Waals surface area contributed by atoms with Gasteiger partial charge in [0.2, 0.25) is 5.24 Å². The molecule has 0 fully saturated rings. The minimum Gasteiger partial charge on any atom is -0.281 e. The summed E-state index contributed by atoms with van der Waals surface area (Å²) in [5.41, 5.74) is 2.65. The van der Waals surface area contributed by atoms with Gasteiger partial charge in [0.1, 0.15) is 0 Å². The van der Waals surface area contributed by atoms with Crippen LogP contribution < -0.4 is 0 Å². The Kier molecular flexibility index (Phi) is 3.92. The van der Waals surface area contributed by atoms with E-state index < -0.39 is 0 Å². The molecule has 0 saturated carbocycles. The first-order chi connectivity index (χ1) is 6.89. The normalized spacial score (nSPS) is 11.5. The van der Waals surface area contributed by atoms with Gasteiger partial charge in [0, 0.05) is 6.42 Å². The van der Waals surface area contributed by atoms with Gasteiger partial charge in [-0.1, -0.05) is 45.0 Å². The third-order valence-corrected chi connectivity index (χ3v) is 2.62. The Labute approximate surface area is 96.5 Å². The summed E-state index contributed by atoms with van der Waals surface area (Å²) in [7, 11) is 0. The van der Waals surface area contributed by atoms with Gasteiger partial charge in [0.15, 0.2) is 0 Å². The maximum atomic E-state index is 10.6. The fraction of sp³-hybridized carbons (Fsp3) is 0.462. The third-order valence-electron chi connectivity index (χ3n) is 2.43. The zero-order chi connectivity index (χ0) is 11.5. The molecule has 0 saturated heterocycles. The average Bonchev–Trinajstić information content (AvgIpc) is 2.14. The molecule has 0 bridgehead atoms. The predicted octanol–water partition coefficient (Wildman–Crippen LogP) is 3.68. The van der Waals surface area contributed by atoms with E-state index in [2.05, 4.69) is 45.0 Å². The lowest BCUT2D eigenvalue weighted by molar-refractivity contribution is -0.111. The predicted molar refractivity (Wildman–Crippen MR) is 64.3 cm³/mol. The van der Waals surface area contributed by atoms with E-state index in [9.17, 15) is 4.79 Å². The molecule has 1 aromatic rings. The molecule has 0 unspecified atom stereocenters. The SMILES string of the molecule is CC(C)(C)c1ccc(CCC(=O)Cl)cc1. The van der Waals surface area contributed by atoms with Gasteiger partial charge in [0.25, 0.3) is 0 Å². The average molecular weight is 225 g/mol. The molecule has 15 heavy (non-hydrogen) atoms. The Morgan fingerprint density at radius 1 is 1.20 bits per heavy atom. The molecule has 0 spiro atoms. The zero-order valence-corrected chi connectivity index (χ0v) is 10.3. The van der Waals surface area contributed by atoms with Crippen molar-refractivity contribution < 1.29 is 4.79 Å². The molecule has 0 aliphatic rings. The van der Waals surface area contributed by atoms with Crippen molar-refractivity contribution in [3.8, 4) is 0 Å². The van der Waals surface area contributed by atoms with E-state index in [-0.39, 0.29) is 10.7 Å². The fourth-order valence-corrected chi connectivity index (χ4v) is 1.51. The molecular formula is C13H17ClO. The van der Waals surface area contributed by atoms with Crippen LogP contribution in [-0.2, 0) is 16.6 Å². The second-order valence-electron chi connectivity index (χ2n) is 4.80. The van der Waals surface area contributed by atoms with Gasteiger partial charge in [0.05, 0.1) is 0 Å². The maximum Gasteiger partial charge on any atom is 0.221 e. The van der Waals surface area contributed by atoms with Crippen molar-refractivity contribution in [3.05, 3.63) is 35.4 Å². The number of carbonyl (C=O) groups excluding carboxylic acids is 1. The van der Waals surface area contributed by atoms with Gasteiger partial charge in [-0.3, -0.25) is 4.79 Å². The van der Waals surface area contributed by atoms with Gasteiger partial charge >= 0.3 is 0 Å². The number of carbonyl (C=O) groups is 1. The van der Waals surface area contributed by atoms with Gasteiger partial charge in [-0.15, -0.1) is 0 Å². The number of aryl methyl sites for hydroxylation is 1. The standard InChI is InChI=1S/C13H17ClO/c1-13(2,3)11-7-4-10(5-8-11)6-9-12(14)15/h4-5,7-8H,6,9H2,1-3H3. The van der Waals surface area contributed by atoms with Crippen LogP contribution in [0.25, 0.3) is 0 Å². The topological polar surface area (TPSA) is 17.1 Å². The highest BCUT2D eigenvalue weighted by Crippen LogP contribution is 2.22. The first-order valence-corrected chi connectivity index (χ1v) is 5.55. The Balaban J connectivity index is 2.69. The van der Waals surface area contributed by atoms with E-state index in [4.69, 9.17) is 11.6 Å². The molecule has 1 aromatic carbocycles. The molecule has 0 radical (unpaired) electrons. The van der Waals surface area contributed by atoms with Crippen molar-refractivity contribution in [2.45, 2.75) is 39.0 Å². The van der Waals surface area contributed by atoms with Gasteiger partial charge in [-0.2, -0.15) is 0 Å². The Hall–Kier alpha value is -0.820. The van der Waals surface area contributed by atoms with E-state index in [0.717, 1.165) is 12.0 Å². The van der Waals surface area contributed by atoms with Crippen molar-refractivity contribution in [2.24, 2.45) is 0 Å². The van der Waals surface area contributed by atoms with Crippen LogP contribution in [0.4, 0.5) is 0 Å². The van der Waals surface area contributed by atoms with E-state index in [1.807, 2.05) is 0 Å². The minimum absolute atomic E-state index is 0.181. The van der Waals surface area contributed by atoms with Crippen molar-refractivity contribution in [2.75, 3.05) is 0 Å². The number of benzene rings is 1. The van der Waals surface area contributed by atoms with Crippen LogP contribution in [-0.4, -0.2) is 5.24 Å². The highest BCUT2D eigenvalue weighted by Gasteiger charge is 2.12. The number of halogens is 1. The summed E-state index contributed by atoms with van der Waals surface area (Å²) < 4.78 is 0. The van der Waals surface area contributed by atoms with Crippen molar-refractivity contribution in [1.29, 1.82) is 0 Å². The number of hydrogen-bond donors (Lipinski definition) is 0. The Morgan fingerprint density at radius 3 is 2.13 bits per heavy atom. The monoisotopic (exact) mass is 224 g/mol. The molecule has 0 aliphatic carbocycles. The van der Waals surface area contributed by atoms with E-state index >= 15 is 0 Å². The summed E-state index contributed by atoms with van der Waals surface area (Å²) >= 11 is 5.29. The van der Waals surface area contributed by atoms with Gasteiger partial charge in [-0.25, -0.2) is 0 Å². The maximum absolute atomic E-state index is 10.6. The van der Waals surface area contributed by atoms with Crippen LogP contribution in [0.3, 0.4) is 0 Å². The number of hydrogen-bond acceptors (Lipinski definition) is 1. The Bertz CT molecular complexity index is 333. The van der Waals surface area contributed by atoms with Crippen molar-refractivity contribution in [3.63, 3.8) is 0 Å². The molecule has 1 nitrogen and oxygen atoms in total. The largest absolute Gasteiger partial charge is 0.281 e. The molecular weight excluding hydrogens is 208 g/mol. The second-order valence-corrected chi connectivity index (χ2v) is 5.22. The smallest absolute Gasteiger partial charge is 0.221 e. The van der Waals surface area contributed by atoms with Crippen molar-refractivity contribution in [1.82, 2.24) is 0 Å². The second kappa shape index (κ2) is 4.80. The van der Waals surface area contributed by atoms with Crippen LogP contribution in [0.2, 0.25) is 0 Å². The first kappa shape index (κ1) is 12.3. The molecule has 1 rings (SSSR count). The minimum atomic E-state index is -0.269. The summed E-state index contributed by atoms with van der Waals surface area (Å²) in [6, 6.07) is 8.38. The van der Waals surface area contributed by atoms with E-state index in [0.29, 0.717) is 6.42 Å². The summed E-state index contributed by atoms with van der Waals surface area (Å²) in [4.78, 5) is 10.6. The van der Waals surface area contributed by atoms with Crippen LogP contribution in [0.1, 0.15) is 38.3 Å². The Morgan fingerprint density at radius 2 is 1.73 bits per heavy atom. The number of rotatable bonds is 3. The third kappa shape index (κ3) is 4.05. The van der Waals surface area contributed by atoms with Crippen LogP contribution in [0.5, 0.6) is 0 Å². The summed E-state index contributed by atoms with van der Waals surface area (Å²) in [6.07, 6.45) is 1.14. The van der Waals surface area contributed by atoms with Crippen LogP contribution >= 0.6 is 11.6 Å². The molecule has 0 heterocycles. The lowest BCUT2D eigenvalue weighted by atomic mass is 9.86. The van der Waals surface area contributed by atoms with E-state index in [1.165, 1.54) is 5.56 Å². The molecule has 0 aliphatic heterocycles. The molecule has 0 aromatic heterocycles.